The molecule has 1 unspecified atom stereocenters. The zero-order valence-corrected chi connectivity index (χ0v) is 12.4. The Morgan fingerprint density at radius 2 is 2.00 bits per heavy atom. The highest BCUT2D eigenvalue weighted by molar-refractivity contribution is 5.32. The fraction of sp³-hybridized carbons (Fsp3) is 0.600. The van der Waals surface area contributed by atoms with E-state index >= 15 is 0 Å². The number of hydrogen-bond donors (Lipinski definition) is 1. The second-order valence-corrected chi connectivity index (χ2v) is 5.62. The molecule has 0 saturated carbocycles. The molecule has 112 valence electrons. The Morgan fingerprint density at radius 3 is 2.55 bits per heavy atom. The summed E-state index contributed by atoms with van der Waals surface area (Å²) in [5.41, 5.74) is 6.89. The van der Waals surface area contributed by atoms with Crippen molar-refractivity contribution in [2.45, 2.75) is 25.4 Å². The van der Waals surface area contributed by atoms with Gasteiger partial charge in [-0.1, -0.05) is 6.07 Å². The van der Waals surface area contributed by atoms with E-state index in [2.05, 4.69) is 18.7 Å². The molecule has 0 aromatic heterocycles. The third-order valence-electron chi connectivity index (χ3n) is 4.12. The summed E-state index contributed by atoms with van der Waals surface area (Å²) in [6, 6.07) is 4.64. The lowest BCUT2D eigenvalue weighted by molar-refractivity contribution is -0.0190. The van der Waals surface area contributed by atoms with Gasteiger partial charge < -0.3 is 15.2 Å². The van der Waals surface area contributed by atoms with E-state index in [1.807, 2.05) is 6.07 Å². The van der Waals surface area contributed by atoms with Crippen molar-refractivity contribution in [1.82, 2.24) is 4.90 Å². The molecule has 1 aliphatic heterocycles. The molecule has 1 fully saturated rings. The van der Waals surface area contributed by atoms with Crippen molar-refractivity contribution in [3.05, 3.63) is 29.6 Å². The molecule has 1 heterocycles. The van der Waals surface area contributed by atoms with Gasteiger partial charge in [0, 0.05) is 24.7 Å². The Hall–Kier alpha value is -1.17. The molecule has 1 aromatic rings. The minimum Gasteiger partial charge on any atom is -0.494 e. The molecule has 0 radical (unpaired) electrons. The fourth-order valence-corrected chi connectivity index (χ4v) is 2.62. The normalized spacial score (nSPS) is 18.9. The maximum absolute atomic E-state index is 13.8. The Morgan fingerprint density at radius 1 is 1.35 bits per heavy atom. The van der Waals surface area contributed by atoms with E-state index in [1.54, 1.807) is 6.07 Å². The Balaban J connectivity index is 2.20. The quantitative estimate of drug-likeness (QED) is 0.917. The van der Waals surface area contributed by atoms with Crippen LogP contribution in [0.15, 0.2) is 18.2 Å². The van der Waals surface area contributed by atoms with Gasteiger partial charge in [-0.15, -0.1) is 0 Å². The SMILES string of the molecule is COc1ccc(C(N)C(C)(C)N2CCOCC2)cc1F. The van der Waals surface area contributed by atoms with Crippen molar-refractivity contribution in [2.75, 3.05) is 33.4 Å². The van der Waals surface area contributed by atoms with Crippen LogP contribution in [-0.4, -0.2) is 43.9 Å². The predicted octanol–water partition coefficient (Wildman–Crippen LogP) is 1.94. The molecule has 0 amide bonds. The third-order valence-corrected chi connectivity index (χ3v) is 4.12. The van der Waals surface area contributed by atoms with Crippen LogP contribution in [-0.2, 0) is 4.74 Å². The van der Waals surface area contributed by atoms with Crippen LogP contribution in [0.25, 0.3) is 0 Å². The highest BCUT2D eigenvalue weighted by atomic mass is 19.1. The summed E-state index contributed by atoms with van der Waals surface area (Å²) >= 11 is 0. The van der Waals surface area contributed by atoms with Crippen LogP contribution in [0.2, 0.25) is 0 Å². The lowest BCUT2D eigenvalue weighted by atomic mass is 9.87. The van der Waals surface area contributed by atoms with Crippen molar-refractivity contribution in [2.24, 2.45) is 5.73 Å². The van der Waals surface area contributed by atoms with Gasteiger partial charge in [-0.05, 0) is 31.5 Å². The summed E-state index contributed by atoms with van der Waals surface area (Å²) in [6.07, 6.45) is 0. The van der Waals surface area contributed by atoms with E-state index in [9.17, 15) is 4.39 Å². The minimum atomic E-state index is -0.377. The van der Waals surface area contributed by atoms with Crippen molar-refractivity contribution >= 4 is 0 Å². The topological polar surface area (TPSA) is 47.7 Å². The fourth-order valence-electron chi connectivity index (χ4n) is 2.62. The van der Waals surface area contributed by atoms with Crippen molar-refractivity contribution in [3.63, 3.8) is 0 Å². The number of benzene rings is 1. The summed E-state index contributed by atoms with van der Waals surface area (Å²) in [5, 5.41) is 0. The number of methoxy groups -OCH3 is 1. The summed E-state index contributed by atoms with van der Waals surface area (Å²) in [5.74, 6) is -0.136. The second-order valence-electron chi connectivity index (χ2n) is 5.62. The number of morpholine rings is 1. The van der Waals surface area contributed by atoms with Gasteiger partial charge in [-0.3, -0.25) is 4.90 Å². The van der Waals surface area contributed by atoms with Crippen molar-refractivity contribution < 1.29 is 13.9 Å². The number of nitrogens with zero attached hydrogens (tertiary/aromatic N) is 1. The molecule has 20 heavy (non-hydrogen) atoms. The van der Waals surface area contributed by atoms with E-state index < -0.39 is 0 Å². The van der Waals surface area contributed by atoms with Crippen molar-refractivity contribution in [1.29, 1.82) is 0 Å². The van der Waals surface area contributed by atoms with Crippen LogP contribution < -0.4 is 10.5 Å². The molecular weight excluding hydrogens is 259 g/mol. The lowest BCUT2D eigenvalue weighted by Crippen LogP contribution is -2.55. The van der Waals surface area contributed by atoms with Gasteiger partial charge in [0.15, 0.2) is 11.6 Å². The first-order valence-corrected chi connectivity index (χ1v) is 6.88. The maximum Gasteiger partial charge on any atom is 0.165 e. The molecule has 0 bridgehead atoms. The van der Waals surface area contributed by atoms with Gasteiger partial charge in [0.05, 0.1) is 20.3 Å². The molecule has 1 aliphatic rings. The van der Waals surface area contributed by atoms with E-state index in [1.165, 1.54) is 13.2 Å². The van der Waals surface area contributed by atoms with Gasteiger partial charge in [0.1, 0.15) is 0 Å². The molecule has 5 heteroatoms. The van der Waals surface area contributed by atoms with Crippen LogP contribution in [0.4, 0.5) is 4.39 Å². The van der Waals surface area contributed by atoms with Crippen LogP contribution in [0.1, 0.15) is 25.5 Å². The van der Waals surface area contributed by atoms with Gasteiger partial charge in [-0.25, -0.2) is 4.39 Å². The standard InChI is InChI=1S/C15H23FN2O2/c1-15(2,18-6-8-20-9-7-18)14(17)11-4-5-13(19-3)12(16)10-11/h4-5,10,14H,6-9,17H2,1-3H3. The van der Waals surface area contributed by atoms with Gasteiger partial charge in [0.25, 0.3) is 0 Å². The first kappa shape index (κ1) is 15.2. The smallest absolute Gasteiger partial charge is 0.165 e. The number of rotatable bonds is 4. The van der Waals surface area contributed by atoms with E-state index in [0.29, 0.717) is 13.2 Å². The monoisotopic (exact) mass is 282 g/mol. The zero-order valence-electron chi connectivity index (χ0n) is 12.4. The van der Waals surface area contributed by atoms with E-state index in [4.69, 9.17) is 15.2 Å². The average Bonchev–Trinajstić information content (AvgIpc) is 2.47. The Bertz CT molecular complexity index is 459. The number of hydrogen-bond acceptors (Lipinski definition) is 4. The molecule has 4 nitrogen and oxygen atoms in total. The molecular formula is C15H23FN2O2. The molecule has 0 spiro atoms. The predicted molar refractivity (Wildman–Crippen MR) is 76.4 cm³/mol. The first-order valence-electron chi connectivity index (χ1n) is 6.88. The van der Waals surface area contributed by atoms with Gasteiger partial charge in [0.2, 0.25) is 0 Å². The lowest BCUT2D eigenvalue weighted by Gasteiger charge is -2.44. The highest BCUT2D eigenvalue weighted by Gasteiger charge is 2.35. The van der Waals surface area contributed by atoms with E-state index in [0.717, 1.165) is 18.7 Å². The summed E-state index contributed by atoms with van der Waals surface area (Å²) < 4.78 is 24.1. The minimum absolute atomic E-state index is 0.241. The summed E-state index contributed by atoms with van der Waals surface area (Å²) in [6.45, 7) is 7.30. The number of ether oxygens (including phenoxy) is 2. The second kappa shape index (κ2) is 6.08. The third kappa shape index (κ3) is 2.95. The molecule has 1 aromatic carbocycles. The number of halogens is 1. The summed E-state index contributed by atoms with van der Waals surface area (Å²) in [4.78, 5) is 2.29. The molecule has 2 N–H and O–H groups in total. The van der Waals surface area contributed by atoms with Crippen LogP contribution >= 0.6 is 0 Å². The molecule has 1 saturated heterocycles. The molecule has 2 rings (SSSR count). The Labute approximate surface area is 119 Å². The highest BCUT2D eigenvalue weighted by Crippen LogP contribution is 2.31. The van der Waals surface area contributed by atoms with Crippen LogP contribution in [0.3, 0.4) is 0 Å². The average molecular weight is 282 g/mol. The maximum atomic E-state index is 13.8. The van der Waals surface area contributed by atoms with Crippen molar-refractivity contribution in [3.8, 4) is 5.75 Å². The first-order chi connectivity index (χ1) is 9.46. The Kier molecular flexibility index (Phi) is 4.62. The largest absolute Gasteiger partial charge is 0.494 e. The van der Waals surface area contributed by atoms with Gasteiger partial charge in [-0.2, -0.15) is 0 Å². The summed E-state index contributed by atoms with van der Waals surface area (Å²) in [7, 11) is 1.45. The molecule has 1 atom stereocenters. The molecule has 0 aliphatic carbocycles. The van der Waals surface area contributed by atoms with Gasteiger partial charge >= 0.3 is 0 Å². The van der Waals surface area contributed by atoms with Crippen LogP contribution in [0, 0.1) is 5.82 Å². The van der Waals surface area contributed by atoms with E-state index in [-0.39, 0.29) is 23.1 Å². The number of nitrogens with two attached hydrogens (primary N) is 1. The zero-order chi connectivity index (χ0) is 14.8. The van der Waals surface area contributed by atoms with Crippen LogP contribution in [0.5, 0.6) is 5.75 Å².